The maximum absolute atomic E-state index is 12.0. The molecule has 2 N–H and O–H groups in total. The van der Waals surface area contributed by atoms with Crippen molar-refractivity contribution in [3.63, 3.8) is 0 Å². The molecule has 0 aliphatic carbocycles. The predicted molar refractivity (Wildman–Crippen MR) is 84.5 cm³/mol. The lowest BCUT2D eigenvalue weighted by Crippen LogP contribution is -2.41. The molecule has 1 aliphatic heterocycles. The van der Waals surface area contributed by atoms with Crippen LogP contribution in [-0.4, -0.2) is 64.9 Å². The third-order valence-electron chi connectivity index (χ3n) is 3.27. The lowest BCUT2D eigenvalue weighted by Gasteiger charge is -2.26. The number of carbonyl (C=O) groups is 1. The SMILES string of the molecule is CS(=O)(=O)Nc1ccc(C(=O)NCCN2CCOCC2)cc1. The van der Waals surface area contributed by atoms with Crippen LogP contribution < -0.4 is 10.0 Å². The van der Waals surface area contributed by atoms with E-state index in [1.54, 1.807) is 24.3 Å². The summed E-state index contributed by atoms with van der Waals surface area (Å²) >= 11 is 0. The lowest BCUT2D eigenvalue weighted by molar-refractivity contribution is 0.0383. The summed E-state index contributed by atoms with van der Waals surface area (Å²) in [5.41, 5.74) is 0.938. The molecule has 1 saturated heterocycles. The second-order valence-corrected chi connectivity index (χ2v) is 6.91. The van der Waals surface area contributed by atoms with Crippen LogP contribution in [0.2, 0.25) is 0 Å². The van der Waals surface area contributed by atoms with E-state index in [9.17, 15) is 13.2 Å². The van der Waals surface area contributed by atoms with Gasteiger partial charge in [0.25, 0.3) is 5.91 Å². The van der Waals surface area contributed by atoms with Gasteiger partial charge in [-0.15, -0.1) is 0 Å². The number of amides is 1. The van der Waals surface area contributed by atoms with Crippen molar-refractivity contribution in [3.8, 4) is 0 Å². The number of hydrogen-bond acceptors (Lipinski definition) is 5. The minimum Gasteiger partial charge on any atom is -0.379 e. The third kappa shape index (κ3) is 5.63. The quantitative estimate of drug-likeness (QED) is 0.775. The van der Waals surface area contributed by atoms with Crippen LogP contribution in [0, 0.1) is 0 Å². The normalized spacial score (nSPS) is 16.2. The standard InChI is InChI=1S/C14H21N3O4S/c1-22(19,20)16-13-4-2-12(3-5-13)14(18)15-6-7-17-8-10-21-11-9-17/h2-5,16H,6-11H2,1H3,(H,15,18). The van der Waals surface area contributed by atoms with Gasteiger partial charge in [-0.3, -0.25) is 14.4 Å². The molecular weight excluding hydrogens is 306 g/mol. The molecule has 7 nitrogen and oxygen atoms in total. The number of benzene rings is 1. The summed E-state index contributed by atoms with van der Waals surface area (Å²) in [5.74, 6) is -0.167. The van der Waals surface area contributed by atoms with Crippen LogP contribution in [0.1, 0.15) is 10.4 Å². The number of hydrogen-bond donors (Lipinski definition) is 2. The summed E-state index contributed by atoms with van der Waals surface area (Å²) in [6, 6.07) is 6.32. The monoisotopic (exact) mass is 327 g/mol. The van der Waals surface area contributed by atoms with Crippen LogP contribution in [0.3, 0.4) is 0 Å². The summed E-state index contributed by atoms with van der Waals surface area (Å²) in [7, 11) is -3.30. The first kappa shape index (κ1) is 16.7. The van der Waals surface area contributed by atoms with Crippen molar-refractivity contribution in [2.24, 2.45) is 0 Å². The number of sulfonamides is 1. The van der Waals surface area contributed by atoms with E-state index in [1.165, 1.54) is 0 Å². The van der Waals surface area contributed by atoms with Gasteiger partial charge in [-0.25, -0.2) is 8.42 Å². The van der Waals surface area contributed by atoms with E-state index in [2.05, 4.69) is 14.9 Å². The first-order valence-corrected chi connectivity index (χ1v) is 8.99. The highest BCUT2D eigenvalue weighted by molar-refractivity contribution is 7.92. The predicted octanol–water partition coefficient (Wildman–Crippen LogP) is 0.120. The number of rotatable bonds is 6. The Hall–Kier alpha value is -1.64. The second kappa shape index (κ2) is 7.57. The van der Waals surface area contributed by atoms with E-state index >= 15 is 0 Å². The maximum Gasteiger partial charge on any atom is 0.251 e. The Morgan fingerprint density at radius 3 is 2.45 bits per heavy atom. The molecular formula is C14H21N3O4S. The molecule has 0 bridgehead atoms. The average Bonchev–Trinajstić information content (AvgIpc) is 2.47. The average molecular weight is 327 g/mol. The van der Waals surface area contributed by atoms with Gasteiger partial charge in [-0.2, -0.15) is 0 Å². The van der Waals surface area contributed by atoms with Crippen molar-refractivity contribution < 1.29 is 17.9 Å². The summed E-state index contributed by atoms with van der Waals surface area (Å²) < 4.78 is 29.8. The van der Waals surface area contributed by atoms with Gasteiger partial charge in [-0.05, 0) is 24.3 Å². The van der Waals surface area contributed by atoms with Crippen molar-refractivity contribution >= 4 is 21.6 Å². The van der Waals surface area contributed by atoms with Gasteiger partial charge in [0, 0.05) is 37.4 Å². The van der Waals surface area contributed by atoms with Crippen LogP contribution in [0.25, 0.3) is 0 Å². The minimum absolute atomic E-state index is 0.167. The summed E-state index contributed by atoms with van der Waals surface area (Å²) in [5, 5.41) is 2.85. The third-order valence-corrected chi connectivity index (χ3v) is 3.87. The molecule has 1 aromatic carbocycles. The summed E-state index contributed by atoms with van der Waals surface area (Å²) in [6.07, 6.45) is 1.08. The fourth-order valence-electron chi connectivity index (χ4n) is 2.16. The molecule has 0 saturated carbocycles. The molecule has 0 spiro atoms. The lowest BCUT2D eigenvalue weighted by atomic mass is 10.2. The highest BCUT2D eigenvalue weighted by Crippen LogP contribution is 2.10. The van der Waals surface area contributed by atoms with Crippen LogP contribution in [-0.2, 0) is 14.8 Å². The van der Waals surface area contributed by atoms with Crippen LogP contribution in [0.5, 0.6) is 0 Å². The molecule has 1 heterocycles. The zero-order valence-electron chi connectivity index (χ0n) is 12.5. The van der Waals surface area contributed by atoms with Crippen LogP contribution >= 0.6 is 0 Å². The fourth-order valence-corrected chi connectivity index (χ4v) is 2.72. The van der Waals surface area contributed by atoms with Crippen molar-refractivity contribution in [2.75, 3.05) is 50.4 Å². The largest absolute Gasteiger partial charge is 0.379 e. The van der Waals surface area contributed by atoms with Gasteiger partial charge >= 0.3 is 0 Å². The molecule has 8 heteroatoms. The van der Waals surface area contributed by atoms with Crippen molar-refractivity contribution in [3.05, 3.63) is 29.8 Å². The Kier molecular flexibility index (Phi) is 5.76. The van der Waals surface area contributed by atoms with Crippen molar-refractivity contribution in [2.45, 2.75) is 0 Å². The fraction of sp³-hybridized carbons (Fsp3) is 0.500. The molecule has 1 aromatic rings. The van der Waals surface area contributed by atoms with Gasteiger partial charge in [0.1, 0.15) is 0 Å². The number of nitrogens with one attached hydrogen (secondary N) is 2. The van der Waals surface area contributed by atoms with Gasteiger partial charge in [0.05, 0.1) is 19.5 Å². The maximum atomic E-state index is 12.0. The molecule has 0 atom stereocenters. The number of morpholine rings is 1. The molecule has 122 valence electrons. The van der Waals surface area contributed by atoms with Crippen molar-refractivity contribution in [1.29, 1.82) is 0 Å². The zero-order valence-corrected chi connectivity index (χ0v) is 13.4. The Morgan fingerprint density at radius 2 is 1.86 bits per heavy atom. The molecule has 1 amide bonds. The molecule has 0 radical (unpaired) electrons. The molecule has 1 aliphatic rings. The molecule has 1 fully saturated rings. The van der Waals surface area contributed by atoms with E-state index in [-0.39, 0.29) is 5.91 Å². The van der Waals surface area contributed by atoms with E-state index in [4.69, 9.17) is 4.74 Å². The van der Waals surface area contributed by atoms with Gasteiger partial charge in [-0.1, -0.05) is 0 Å². The van der Waals surface area contributed by atoms with Gasteiger partial charge < -0.3 is 10.1 Å². The Morgan fingerprint density at radius 1 is 1.23 bits per heavy atom. The second-order valence-electron chi connectivity index (χ2n) is 5.16. The van der Waals surface area contributed by atoms with Gasteiger partial charge in [0.2, 0.25) is 10.0 Å². The smallest absolute Gasteiger partial charge is 0.251 e. The molecule has 2 rings (SSSR count). The number of ether oxygens (including phenoxy) is 1. The summed E-state index contributed by atoms with van der Waals surface area (Å²) in [4.78, 5) is 14.2. The Labute approximate surface area is 130 Å². The number of anilines is 1. The highest BCUT2D eigenvalue weighted by Gasteiger charge is 2.11. The Balaban J connectivity index is 1.79. The van der Waals surface area contributed by atoms with E-state index < -0.39 is 10.0 Å². The Bertz CT molecular complexity index is 595. The minimum atomic E-state index is -3.30. The first-order chi connectivity index (χ1) is 10.4. The first-order valence-electron chi connectivity index (χ1n) is 7.10. The topological polar surface area (TPSA) is 87.7 Å². The molecule has 22 heavy (non-hydrogen) atoms. The molecule has 0 aromatic heterocycles. The summed E-state index contributed by atoms with van der Waals surface area (Å²) in [6.45, 7) is 4.62. The van der Waals surface area contributed by atoms with Crippen LogP contribution in [0.15, 0.2) is 24.3 Å². The molecule has 0 unspecified atom stereocenters. The number of carbonyl (C=O) groups excluding carboxylic acids is 1. The van der Waals surface area contributed by atoms with E-state index in [0.29, 0.717) is 17.8 Å². The van der Waals surface area contributed by atoms with Crippen molar-refractivity contribution in [1.82, 2.24) is 10.2 Å². The highest BCUT2D eigenvalue weighted by atomic mass is 32.2. The number of nitrogens with zero attached hydrogens (tertiary/aromatic N) is 1. The van der Waals surface area contributed by atoms with Crippen LogP contribution in [0.4, 0.5) is 5.69 Å². The zero-order chi connectivity index (χ0) is 16.0. The van der Waals surface area contributed by atoms with E-state index in [0.717, 1.165) is 39.1 Å². The van der Waals surface area contributed by atoms with E-state index in [1.807, 2.05) is 0 Å². The van der Waals surface area contributed by atoms with Gasteiger partial charge in [0.15, 0.2) is 0 Å².